The highest BCUT2D eigenvalue weighted by Crippen LogP contribution is 2.33. The molecule has 0 unspecified atom stereocenters. The maximum atomic E-state index is 6.18. The molecule has 0 amide bonds. The zero-order chi connectivity index (χ0) is 14.2. The van der Waals surface area contributed by atoms with Crippen LogP contribution in [0.4, 0.5) is 0 Å². The highest BCUT2D eigenvalue weighted by molar-refractivity contribution is 7.09. The summed E-state index contributed by atoms with van der Waals surface area (Å²) in [5, 5.41) is 7.40. The number of nitrogens with zero attached hydrogens (tertiary/aromatic N) is 1. The summed E-state index contributed by atoms with van der Waals surface area (Å²) in [4.78, 5) is 4.39. The van der Waals surface area contributed by atoms with E-state index in [1.54, 1.807) is 11.3 Å². The largest absolute Gasteiger partial charge is 0.493 e. The van der Waals surface area contributed by atoms with Crippen molar-refractivity contribution in [1.29, 1.82) is 0 Å². The Morgan fingerprint density at radius 3 is 3.05 bits per heavy atom. The molecule has 3 rings (SSSR count). The zero-order valence-electron chi connectivity index (χ0n) is 11.6. The number of rotatable bonds is 4. The van der Waals surface area contributed by atoms with Crippen LogP contribution in [0.1, 0.15) is 30.0 Å². The van der Waals surface area contributed by atoms with Gasteiger partial charge in [0.05, 0.1) is 12.1 Å². The Kier molecular flexibility index (Phi) is 3.71. The molecule has 0 saturated carbocycles. The molecule has 0 aliphatic carbocycles. The van der Waals surface area contributed by atoms with Crippen molar-refractivity contribution < 1.29 is 4.74 Å². The van der Waals surface area contributed by atoms with Gasteiger partial charge in [0, 0.05) is 35.1 Å². The third-order valence-corrected chi connectivity index (χ3v) is 4.83. The molecule has 0 saturated heterocycles. The summed E-state index contributed by atoms with van der Waals surface area (Å²) < 4.78 is 5.73. The van der Waals surface area contributed by atoms with Gasteiger partial charge in [-0.15, -0.1) is 11.3 Å². The number of nitrogens with one attached hydrogen (secondary N) is 1. The zero-order valence-corrected chi connectivity index (χ0v) is 13.1. The molecule has 1 aliphatic rings. The molecule has 0 fully saturated rings. The van der Waals surface area contributed by atoms with E-state index in [0.717, 1.165) is 40.9 Å². The van der Waals surface area contributed by atoms with Crippen LogP contribution in [0.15, 0.2) is 23.7 Å². The van der Waals surface area contributed by atoms with E-state index in [2.05, 4.69) is 24.1 Å². The minimum atomic E-state index is -0.165. The molecule has 106 valence electrons. The molecule has 2 heterocycles. The van der Waals surface area contributed by atoms with Gasteiger partial charge in [-0.3, -0.25) is 0 Å². The summed E-state index contributed by atoms with van der Waals surface area (Å²) in [6.45, 7) is 5.74. The van der Waals surface area contributed by atoms with Crippen LogP contribution in [0.3, 0.4) is 0 Å². The molecular formula is C15H17ClN2OS. The van der Waals surface area contributed by atoms with Crippen LogP contribution in [-0.2, 0) is 18.5 Å². The predicted molar refractivity (Wildman–Crippen MR) is 82.6 cm³/mol. The van der Waals surface area contributed by atoms with Crippen molar-refractivity contribution in [2.75, 3.05) is 6.61 Å². The summed E-state index contributed by atoms with van der Waals surface area (Å²) in [5.74, 6) is 0.997. The quantitative estimate of drug-likeness (QED) is 0.934. The van der Waals surface area contributed by atoms with Gasteiger partial charge in [-0.05, 0) is 31.5 Å². The van der Waals surface area contributed by atoms with Gasteiger partial charge in [0.25, 0.3) is 0 Å². The third kappa shape index (κ3) is 2.68. The van der Waals surface area contributed by atoms with Gasteiger partial charge in [-0.1, -0.05) is 11.6 Å². The topological polar surface area (TPSA) is 34.1 Å². The monoisotopic (exact) mass is 308 g/mol. The van der Waals surface area contributed by atoms with E-state index in [1.807, 2.05) is 23.7 Å². The van der Waals surface area contributed by atoms with Gasteiger partial charge >= 0.3 is 0 Å². The van der Waals surface area contributed by atoms with Crippen LogP contribution in [0, 0.1) is 0 Å². The molecular weight excluding hydrogens is 292 g/mol. The van der Waals surface area contributed by atoms with E-state index in [-0.39, 0.29) is 5.54 Å². The molecule has 0 atom stereocenters. The lowest BCUT2D eigenvalue weighted by molar-refractivity contribution is 0.346. The second-order valence-corrected chi connectivity index (χ2v) is 6.80. The van der Waals surface area contributed by atoms with Gasteiger partial charge in [-0.25, -0.2) is 4.98 Å². The van der Waals surface area contributed by atoms with Gasteiger partial charge in [0.1, 0.15) is 10.8 Å². The smallest absolute Gasteiger partial charge is 0.127 e. The molecule has 3 nitrogen and oxygen atoms in total. The number of aromatic nitrogens is 1. The molecule has 0 radical (unpaired) electrons. The van der Waals surface area contributed by atoms with Crippen LogP contribution < -0.4 is 10.1 Å². The SMILES string of the molecule is CC(C)(NCc1cc(Cl)cc2c1OCC2)c1nccs1. The minimum Gasteiger partial charge on any atom is -0.493 e. The fourth-order valence-corrected chi connectivity index (χ4v) is 3.40. The second kappa shape index (κ2) is 5.35. The van der Waals surface area contributed by atoms with Gasteiger partial charge in [0.15, 0.2) is 0 Å². The highest BCUT2D eigenvalue weighted by Gasteiger charge is 2.24. The normalized spacial score (nSPS) is 14.2. The third-order valence-electron chi connectivity index (χ3n) is 3.51. The van der Waals surface area contributed by atoms with Gasteiger partial charge in [-0.2, -0.15) is 0 Å². The van der Waals surface area contributed by atoms with Crippen molar-refractivity contribution in [3.63, 3.8) is 0 Å². The number of ether oxygens (including phenoxy) is 1. The molecule has 2 aromatic rings. The molecule has 0 spiro atoms. The fourth-order valence-electron chi connectivity index (χ4n) is 2.40. The molecule has 0 bridgehead atoms. The first-order valence-electron chi connectivity index (χ1n) is 6.65. The maximum Gasteiger partial charge on any atom is 0.127 e. The van der Waals surface area contributed by atoms with Crippen molar-refractivity contribution in [2.24, 2.45) is 0 Å². The number of benzene rings is 1. The average molecular weight is 309 g/mol. The van der Waals surface area contributed by atoms with Crippen LogP contribution in [0.25, 0.3) is 0 Å². The van der Waals surface area contributed by atoms with Crippen molar-refractivity contribution in [2.45, 2.75) is 32.4 Å². The molecule has 1 N–H and O–H groups in total. The first-order valence-corrected chi connectivity index (χ1v) is 7.91. The lowest BCUT2D eigenvalue weighted by atomic mass is 10.0. The van der Waals surface area contributed by atoms with Crippen molar-refractivity contribution in [3.8, 4) is 5.75 Å². The summed E-state index contributed by atoms with van der Waals surface area (Å²) in [6.07, 6.45) is 2.78. The average Bonchev–Trinajstić information content (AvgIpc) is 3.06. The second-order valence-electron chi connectivity index (χ2n) is 5.47. The predicted octanol–water partition coefficient (Wildman–Crippen LogP) is 3.76. The van der Waals surface area contributed by atoms with Crippen molar-refractivity contribution in [1.82, 2.24) is 10.3 Å². The lowest BCUT2D eigenvalue weighted by Crippen LogP contribution is -2.35. The maximum absolute atomic E-state index is 6.18. The Morgan fingerprint density at radius 2 is 2.30 bits per heavy atom. The summed E-state index contributed by atoms with van der Waals surface area (Å²) in [7, 11) is 0. The van der Waals surface area contributed by atoms with E-state index in [9.17, 15) is 0 Å². The molecule has 20 heavy (non-hydrogen) atoms. The van der Waals surface area contributed by atoms with E-state index in [0.29, 0.717) is 0 Å². The number of hydrogen-bond acceptors (Lipinski definition) is 4. The number of fused-ring (bicyclic) bond motifs is 1. The van der Waals surface area contributed by atoms with Crippen LogP contribution in [0.2, 0.25) is 5.02 Å². The summed E-state index contributed by atoms with van der Waals surface area (Å²) >= 11 is 7.85. The van der Waals surface area contributed by atoms with Gasteiger partial charge < -0.3 is 10.1 Å². The Labute approximate surface area is 127 Å². The molecule has 1 aliphatic heterocycles. The molecule has 5 heteroatoms. The summed E-state index contributed by atoms with van der Waals surface area (Å²) in [5.41, 5.74) is 2.16. The fraction of sp³-hybridized carbons (Fsp3) is 0.400. The Morgan fingerprint density at radius 1 is 1.45 bits per heavy atom. The van der Waals surface area contributed by atoms with E-state index in [1.165, 1.54) is 5.56 Å². The van der Waals surface area contributed by atoms with E-state index < -0.39 is 0 Å². The number of thiazole rings is 1. The van der Waals surface area contributed by atoms with Crippen LogP contribution >= 0.6 is 22.9 Å². The van der Waals surface area contributed by atoms with E-state index in [4.69, 9.17) is 16.3 Å². The molecule has 1 aromatic heterocycles. The summed E-state index contributed by atoms with van der Waals surface area (Å²) in [6, 6.07) is 3.98. The Bertz CT molecular complexity index is 611. The van der Waals surface area contributed by atoms with Gasteiger partial charge in [0.2, 0.25) is 0 Å². The standard InChI is InChI=1S/C15H17ClN2OS/c1-15(2,14-17-4-6-20-14)18-9-11-8-12(16)7-10-3-5-19-13(10)11/h4,6-8,18H,3,5,9H2,1-2H3. The highest BCUT2D eigenvalue weighted by atomic mass is 35.5. The first kappa shape index (κ1) is 13.9. The van der Waals surface area contributed by atoms with E-state index >= 15 is 0 Å². The van der Waals surface area contributed by atoms with Crippen LogP contribution in [0.5, 0.6) is 5.75 Å². The molecule has 1 aromatic carbocycles. The number of halogens is 1. The Balaban J connectivity index is 1.79. The first-order chi connectivity index (χ1) is 9.56. The van der Waals surface area contributed by atoms with Crippen molar-refractivity contribution >= 4 is 22.9 Å². The van der Waals surface area contributed by atoms with Crippen molar-refractivity contribution in [3.05, 3.63) is 44.9 Å². The number of hydrogen-bond donors (Lipinski definition) is 1. The Hall–Kier alpha value is -1.10. The van der Waals surface area contributed by atoms with Crippen LogP contribution in [-0.4, -0.2) is 11.6 Å². The minimum absolute atomic E-state index is 0.165. The lowest BCUT2D eigenvalue weighted by Gasteiger charge is -2.24.